The zero-order valence-electron chi connectivity index (χ0n) is 15.3. The molecule has 3 rings (SSSR count). The van der Waals surface area contributed by atoms with Crippen LogP contribution in [-0.2, 0) is 11.3 Å². The topological polar surface area (TPSA) is 129 Å². The molecule has 0 atom stereocenters. The number of carbonyl (C=O) groups is 2. The van der Waals surface area contributed by atoms with Crippen LogP contribution in [0.1, 0.15) is 15.9 Å². The zero-order valence-corrected chi connectivity index (χ0v) is 16.9. The summed E-state index contributed by atoms with van der Waals surface area (Å²) in [6.45, 7) is -0.246. The Morgan fingerprint density at radius 3 is 2.70 bits per heavy atom. The summed E-state index contributed by atoms with van der Waals surface area (Å²) in [5.41, 5.74) is 2.91. The number of halogens is 1. The van der Waals surface area contributed by atoms with Crippen LogP contribution in [0.3, 0.4) is 0 Å². The molecular weight excluding hydrogens is 458 g/mol. The number of ether oxygens (including phenoxy) is 1. The Kier molecular flexibility index (Phi) is 6.65. The first kappa shape index (κ1) is 20.9. The number of hydrazone groups is 1. The van der Waals surface area contributed by atoms with Crippen LogP contribution >= 0.6 is 15.9 Å². The van der Waals surface area contributed by atoms with E-state index >= 15 is 0 Å². The monoisotopic (exact) mass is 471 g/mol. The molecule has 0 aliphatic carbocycles. The molecule has 1 heterocycles. The van der Waals surface area contributed by atoms with Crippen molar-refractivity contribution in [3.8, 4) is 5.75 Å². The van der Waals surface area contributed by atoms with E-state index in [-0.39, 0.29) is 18.0 Å². The van der Waals surface area contributed by atoms with Gasteiger partial charge in [0.2, 0.25) is 0 Å². The van der Waals surface area contributed by atoms with E-state index in [4.69, 9.17) is 4.74 Å². The van der Waals surface area contributed by atoms with Crippen molar-refractivity contribution in [2.24, 2.45) is 5.10 Å². The second-order valence-corrected chi connectivity index (χ2v) is 6.71. The number of benzene rings is 2. The van der Waals surface area contributed by atoms with Crippen molar-refractivity contribution in [3.63, 3.8) is 0 Å². The van der Waals surface area contributed by atoms with Crippen molar-refractivity contribution >= 4 is 39.7 Å². The highest BCUT2D eigenvalue weighted by molar-refractivity contribution is 9.10. The predicted molar refractivity (Wildman–Crippen MR) is 110 cm³/mol. The van der Waals surface area contributed by atoms with Crippen molar-refractivity contribution in [2.75, 3.05) is 0 Å². The second-order valence-electron chi connectivity index (χ2n) is 5.85. The average Bonchev–Trinajstić information content (AvgIpc) is 3.18. The molecule has 0 aliphatic rings. The molecule has 10 nitrogen and oxygen atoms in total. The van der Waals surface area contributed by atoms with Gasteiger partial charge in [0.25, 0.3) is 5.91 Å². The number of nitrogens with zero attached hydrogens (tertiary/aromatic N) is 4. The minimum absolute atomic E-state index is 0.216. The number of para-hydroxylation sites is 1. The maximum Gasteiger partial charge on any atom is 0.344 e. The Morgan fingerprint density at radius 2 is 1.97 bits per heavy atom. The summed E-state index contributed by atoms with van der Waals surface area (Å²) in [5.74, 6) is -0.821. The van der Waals surface area contributed by atoms with Crippen LogP contribution in [0.4, 0.5) is 5.69 Å². The normalized spacial score (nSPS) is 10.7. The van der Waals surface area contributed by atoms with Crippen LogP contribution in [-0.4, -0.2) is 32.8 Å². The average molecular weight is 472 g/mol. The molecule has 0 bridgehead atoms. The third-order valence-electron chi connectivity index (χ3n) is 3.74. The molecule has 0 saturated heterocycles. The highest BCUT2D eigenvalue weighted by atomic mass is 79.9. The molecule has 1 aromatic heterocycles. The maximum atomic E-state index is 12.4. The van der Waals surface area contributed by atoms with Crippen molar-refractivity contribution in [3.05, 3.63) is 86.6 Å². The molecule has 3 aromatic rings. The molecule has 11 heteroatoms. The lowest BCUT2D eigenvalue weighted by molar-refractivity contribution is -0.385. The number of rotatable bonds is 7. The van der Waals surface area contributed by atoms with E-state index < -0.39 is 16.8 Å². The number of hydrogen-bond donors (Lipinski definition) is 1. The maximum absolute atomic E-state index is 12.4. The first-order valence-electron chi connectivity index (χ1n) is 8.48. The molecule has 0 unspecified atom stereocenters. The van der Waals surface area contributed by atoms with Gasteiger partial charge in [-0.3, -0.25) is 19.6 Å². The molecule has 1 amide bonds. The number of carbonyl (C=O) groups excluding carboxylic acids is 2. The first-order chi connectivity index (χ1) is 14.4. The van der Waals surface area contributed by atoms with E-state index in [0.29, 0.717) is 15.6 Å². The van der Waals surface area contributed by atoms with E-state index in [9.17, 15) is 19.7 Å². The smallest absolute Gasteiger partial charge is 0.344 e. The van der Waals surface area contributed by atoms with Gasteiger partial charge in [-0.2, -0.15) is 10.2 Å². The third kappa shape index (κ3) is 5.35. The highest BCUT2D eigenvalue weighted by Gasteiger charge is 2.14. The fourth-order valence-corrected chi connectivity index (χ4v) is 2.80. The number of nitro groups is 1. The van der Waals surface area contributed by atoms with Crippen LogP contribution in [0.5, 0.6) is 5.75 Å². The molecule has 0 aliphatic heterocycles. The van der Waals surface area contributed by atoms with Crippen molar-refractivity contribution in [1.82, 2.24) is 15.2 Å². The van der Waals surface area contributed by atoms with Gasteiger partial charge in [0.15, 0.2) is 0 Å². The summed E-state index contributed by atoms with van der Waals surface area (Å²) >= 11 is 3.30. The molecule has 0 spiro atoms. The fraction of sp³-hybridized carbons (Fsp3) is 0.0526. The van der Waals surface area contributed by atoms with E-state index in [1.54, 1.807) is 48.5 Å². The van der Waals surface area contributed by atoms with Crippen molar-refractivity contribution < 1.29 is 19.2 Å². The van der Waals surface area contributed by atoms with Gasteiger partial charge in [0, 0.05) is 10.0 Å². The van der Waals surface area contributed by atoms with E-state index in [2.05, 4.69) is 31.6 Å². The van der Waals surface area contributed by atoms with Gasteiger partial charge in [-0.1, -0.05) is 24.3 Å². The molecule has 1 N–H and O–H groups in total. The Labute approximate surface area is 178 Å². The highest BCUT2D eigenvalue weighted by Crippen LogP contribution is 2.21. The second kappa shape index (κ2) is 9.56. The van der Waals surface area contributed by atoms with Crippen LogP contribution in [0.25, 0.3) is 0 Å². The summed E-state index contributed by atoms with van der Waals surface area (Å²) in [5, 5.41) is 18.2. The Bertz CT molecular complexity index is 1130. The van der Waals surface area contributed by atoms with Gasteiger partial charge in [0.1, 0.15) is 24.7 Å². The van der Waals surface area contributed by atoms with Crippen LogP contribution in [0.2, 0.25) is 0 Å². The minimum atomic E-state index is -0.605. The van der Waals surface area contributed by atoms with Gasteiger partial charge in [-0.05, 0) is 40.2 Å². The van der Waals surface area contributed by atoms with Crippen LogP contribution in [0.15, 0.2) is 70.5 Å². The third-order valence-corrected chi connectivity index (χ3v) is 4.44. The lowest BCUT2D eigenvalue weighted by atomic mass is 10.2. The number of amides is 1. The molecule has 152 valence electrons. The molecule has 0 radical (unpaired) electrons. The Morgan fingerprint density at radius 1 is 1.23 bits per heavy atom. The van der Waals surface area contributed by atoms with Crippen LogP contribution in [0, 0.1) is 10.1 Å². The molecule has 2 aromatic carbocycles. The summed E-state index contributed by atoms with van der Waals surface area (Å²) in [7, 11) is 0. The quantitative estimate of drug-likeness (QED) is 0.185. The molecule has 0 fully saturated rings. The summed E-state index contributed by atoms with van der Waals surface area (Å²) in [4.78, 5) is 34.3. The van der Waals surface area contributed by atoms with Gasteiger partial charge in [0.05, 0.1) is 16.7 Å². The standard InChI is InChI=1S/C19H14BrN5O5/c20-16-7-3-2-6-15(16)19(27)30-17-8-4-1-5-13(17)9-21-23-18(26)12-24-11-14(10-22-24)25(28)29/h1-11H,12H2,(H,23,26)/b21-9+. The summed E-state index contributed by atoms with van der Waals surface area (Å²) in [6.07, 6.45) is 3.51. The van der Waals surface area contributed by atoms with Gasteiger partial charge in [-0.25, -0.2) is 10.2 Å². The lowest BCUT2D eigenvalue weighted by Crippen LogP contribution is -2.23. The van der Waals surface area contributed by atoms with Crippen molar-refractivity contribution in [1.29, 1.82) is 0 Å². The number of hydrogen-bond acceptors (Lipinski definition) is 7. The van der Waals surface area contributed by atoms with Crippen LogP contribution < -0.4 is 10.2 Å². The van der Waals surface area contributed by atoms with Gasteiger partial charge < -0.3 is 4.74 Å². The summed E-state index contributed by atoms with van der Waals surface area (Å²) in [6, 6.07) is 13.5. The molecule has 30 heavy (non-hydrogen) atoms. The lowest BCUT2D eigenvalue weighted by Gasteiger charge is -2.08. The Hall–Kier alpha value is -3.86. The summed E-state index contributed by atoms with van der Waals surface area (Å²) < 4.78 is 7.17. The van der Waals surface area contributed by atoms with Gasteiger partial charge >= 0.3 is 11.7 Å². The minimum Gasteiger partial charge on any atom is -0.422 e. The fourth-order valence-electron chi connectivity index (χ4n) is 2.35. The zero-order chi connectivity index (χ0) is 21.5. The van der Waals surface area contributed by atoms with E-state index in [1.807, 2.05) is 0 Å². The number of nitrogens with one attached hydrogen (secondary N) is 1. The largest absolute Gasteiger partial charge is 0.422 e. The molecular formula is C19H14BrN5O5. The SMILES string of the molecule is O=C(Cn1cc([N+](=O)[O-])cn1)N/N=C/c1ccccc1OC(=O)c1ccccc1Br. The van der Waals surface area contributed by atoms with E-state index in [0.717, 1.165) is 17.1 Å². The number of esters is 1. The number of aromatic nitrogens is 2. The Balaban J connectivity index is 1.63. The van der Waals surface area contributed by atoms with Gasteiger partial charge in [-0.15, -0.1) is 0 Å². The predicted octanol–water partition coefficient (Wildman–Crippen LogP) is 2.92. The first-order valence-corrected chi connectivity index (χ1v) is 9.28. The van der Waals surface area contributed by atoms with Crippen molar-refractivity contribution in [2.45, 2.75) is 6.54 Å². The van der Waals surface area contributed by atoms with E-state index in [1.165, 1.54) is 6.21 Å². The molecule has 0 saturated carbocycles.